The van der Waals surface area contributed by atoms with E-state index in [2.05, 4.69) is 15.3 Å². The van der Waals surface area contributed by atoms with E-state index < -0.39 is 5.97 Å². The summed E-state index contributed by atoms with van der Waals surface area (Å²) in [5.74, 6) is -0.187. The van der Waals surface area contributed by atoms with Gasteiger partial charge in [0.15, 0.2) is 5.16 Å². The van der Waals surface area contributed by atoms with Crippen LogP contribution in [-0.2, 0) is 6.54 Å². The number of hydrogen-bond donors (Lipinski definition) is 2. The van der Waals surface area contributed by atoms with Crippen LogP contribution in [0.25, 0.3) is 11.3 Å². The smallest absolute Gasteiger partial charge is 0.335 e. The third kappa shape index (κ3) is 4.36. The molecule has 25 heavy (non-hydrogen) atoms. The van der Waals surface area contributed by atoms with E-state index in [1.54, 1.807) is 24.3 Å². The van der Waals surface area contributed by atoms with Gasteiger partial charge in [0.2, 0.25) is 0 Å². The van der Waals surface area contributed by atoms with Crippen LogP contribution in [0.15, 0.2) is 65.8 Å². The first-order valence-corrected chi connectivity index (χ1v) is 8.93. The molecule has 0 spiro atoms. The van der Waals surface area contributed by atoms with Gasteiger partial charge in [-0.05, 0) is 24.0 Å². The second-order valence-corrected chi connectivity index (χ2v) is 6.12. The third-order valence-corrected chi connectivity index (χ3v) is 4.18. The number of nitrogens with one attached hydrogen (secondary N) is 1. The molecule has 3 aromatic rings. The van der Waals surface area contributed by atoms with Crippen LogP contribution in [0.3, 0.4) is 0 Å². The van der Waals surface area contributed by atoms with E-state index in [0.717, 1.165) is 22.6 Å². The van der Waals surface area contributed by atoms with Gasteiger partial charge in [-0.2, -0.15) is 0 Å². The molecule has 126 valence electrons. The zero-order valence-corrected chi connectivity index (χ0v) is 14.5. The average molecular weight is 351 g/mol. The molecule has 0 aliphatic rings. The van der Waals surface area contributed by atoms with E-state index >= 15 is 0 Å². The molecular formula is C19H17N3O2S. The molecule has 2 N–H and O–H groups in total. The maximum Gasteiger partial charge on any atom is 0.335 e. The summed E-state index contributed by atoms with van der Waals surface area (Å²) in [4.78, 5) is 19.9. The summed E-state index contributed by atoms with van der Waals surface area (Å²) in [6.45, 7) is 0.555. The third-order valence-electron chi connectivity index (χ3n) is 3.63. The summed E-state index contributed by atoms with van der Waals surface area (Å²) in [7, 11) is 0. The Labute approximate surface area is 150 Å². The van der Waals surface area contributed by atoms with Crippen LogP contribution in [-0.4, -0.2) is 27.3 Å². The molecule has 0 unspecified atom stereocenters. The zero-order chi connectivity index (χ0) is 17.6. The second-order valence-electron chi connectivity index (χ2n) is 5.35. The highest BCUT2D eigenvalue weighted by Crippen LogP contribution is 2.23. The van der Waals surface area contributed by atoms with Crippen molar-refractivity contribution in [1.29, 1.82) is 0 Å². The molecule has 0 saturated carbocycles. The van der Waals surface area contributed by atoms with Crippen LogP contribution in [0.4, 0.5) is 5.82 Å². The van der Waals surface area contributed by atoms with Crippen LogP contribution in [0.2, 0.25) is 0 Å². The van der Waals surface area contributed by atoms with Crippen molar-refractivity contribution in [2.75, 3.05) is 11.6 Å². The van der Waals surface area contributed by atoms with Crippen LogP contribution >= 0.6 is 11.8 Å². The Bertz CT molecular complexity index is 868. The normalized spacial score (nSPS) is 10.4. The van der Waals surface area contributed by atoms with Crippen molar-refractivity contribution in [2.45, 2.75) is 11.7 Å². The first-order valence-electron chi connectivity index (χ1n) is 7.70. The van der Waals surface area contributed by atoms with Gasteiger partial charge in [-0.3, -0.25) is 0 Å². The summed E-state index contributed by atoms with van der Waals surface area (Å²) >= 11 is 1.49. The fourth-order valence-corrected chi connectivity index (χ4v) is 2.70. The van der Waals surface area contributed by atoms with E-state index in [1.807, 2.05) is 42.7 Å². The predicted octanol–water partition coefficient (Wildman–Crippen LogP) is 4.18. The molecule has 0 aliphatic carbocycles. The summed E-state index contributed by atoms with van der Waals surface area (Å²) in [5.41, 5.74) is 3.16. The molecule has 0 amide bonds. The standard InChI is InChI=1S/C19H17N3O2S/c1-25-19-21-16(14-5-3-2-4-6-14)11-17(22-19)20-12-13-7-9-15(10-8-13)18(23)24/h2-11H,12H2,1H3,(H,23,24)(H,20,21,22). The Hall–Kier alpha value is -2.86. The Morgan fingerprint density at radius 2 is 1.80 bits per heavy atom. The van der Waals surface area contributed by atoms with E-state index in [-0.39, 0.29) is 5.56 Å². The van der Waals surface area contributed by atoms with Gasteiger partial charge in [-0.25, -0.2) is 14.8 Å². The first kappa shape index (κ1) is 17.0. The van der Waals surface area contributed by atoms with Gasteiger partial charge in [0.25, 0.3) is 0 Å². The molecule has 3 rings (SSSR count). The van der Waals surface area contributed by atoms with E-state index in [1.165, 1.54) is 11.8 Å². The minimum Gasteiger partial charge on any atom is -0.478 e. The molecular weight excluding hydrogens is 334 g/mol. The van der Waals surface area contributed by atoms with Gasteiger partial charge in [0, 0.05) is 18.2 Å². The largest absolute Gasteiger partial charge is 0.478 e. The van der Waals surface area contributed by atoms with Crippen molar-refractivity contribution in [3.8, 4) is 11.3 Å². The van der Waals surface area contributed by atoms with Gasteiger partial charge in [-0.1, -0.05) is 54.2 Å². The lowest BCUT2D eigenvalue weighted by molar-refractivity contribution is 0.0697. The fourth-order valence-electron chi connectivity index (χ4n) is 2.32. The van der Waals surface area contributed by atoms with Crippen molar-refractivity contribution in [3.05, 3.63) is 71.8 Å². The lowest BCUT2D eigenvalue weighted by atomic mass is 10.1. The van der Waals surface area contributed by atoms with Crippen molar-refractivity contribution < 1.29 is 9.90 Å². The number of carboxylic acid groups (broad SMARTS) is 1. The van der Waals surface area contributed by atoms with E-state index in [4.69, 9.17) is 5.11 Å². The molecule has 0 fully saturated rings. The molecule has 6 heteroatoms. The number of nitrogens with zero attached hydrogens (tertiary/aromatic N) is 2. The number of carbonyl (C=O) groups is 1. The minimum absolute atomic E-state index is 0.279. The van der Waals surface area contributed by atoms with Gasteiger partial charge in [0.05, 0.1) is 11.3 Å². The molecule has 1 heterocycles. The lowest BCUT2D eigenvalue weighted by Gasteiger charge is -2.10. The van der Waals surface area contributed by atoms with Gasteiger partial charge < -0.3 is 10.4 Å². The molecule has 0 saturated heterocycles. The molecule has 1 aromatic heterocycles. The van der Waals surface area contributed by atoms with Gasteiger partial charge in [0.1, 0.15) is 5.82 Å². The van der Waals surface area contributed by atoms with Crippen molar-refractivity contribution in [3.63, 3.8) is 0 Å². The van der Waals surface area contributed by atoms with E-state index in [9.17, 15) is 4.79 Å². The molecule has 2 aromatic carbocycles. The number of benzene rings is 2. The SMILES string of the molecule is CSc1nc(NCc2ccc(C(=O)O)cc2)cc(-c2ccccc2)n1. The number of aromatic carboxylic acids is 1. The summed E-state index contributed by atoms with van der Waals surface area (Å²) in [5, 5.41) is 12.9. The predicted molar refractivity (Wildman–Crippen MR) is 100.0 cm³/mol. The van der Waals surface area contributed by atoms with Crippen LogP contribution in [0.5, 0.6) is 0 Å². The number of carboxylic acids is 1. The fraction of sp³-hybridized carbons (Fsp3) is 0.105. The van der Waals surface area contributed by atoms with Crippen molar-refractivity contribution in [2.24, 2.45) is 0 Å². The topological polar surface area (TPSA) is 75.1 Å². The van der Waals surface area contributed by atoms with Crippen LogP contribution < -0.4 is 5.32 Å². The van der Waals surface area contributed by atoms with Gasteiger partial charge in [-0.15, -0.1) is 0 Å². The van der Waals surface area contributed by atoms with Gasteiger partial charge >= 0.3 is 5.97 Å². The van der Waals surface area contributed by atoms with E-state index in [0.29, 0.717) is 11.7 Å². The average Bonchev–Trinajstić information content (AvgIpc) is 2.67. The Kier molecular flexibility index (Phi) is 5.30. The number of anilines is 1. The number of thioether (sulfide) groups is 1. The minimum atomic E-state index is -0.924. The maximum absolute atomic E-state index is 10.9. The van der Waals surface area contributed by atoms with Crippen molar-refractivity contribution >= 4 is 23.5 Å². The Balaban J connectivity index is 1.79. The summed E-state index contributed by atoms with van der Waals surface area (Å²) < 4.78 is 0. The molecule has 0 radical (unpaired) electrons. The molecule has 5 nitrogen and oxygen atoms in total. The first-order chi connectivity index (χ1) is 12.2. The summed E-state index contributed by atoms with van der Waals surface area (Å²) in [6.07, 6.45) is 1.94. The highest BCUT2D eigenvalue weighted by atomic mass is 32.2. The molecule has 0 bridgehead atoms. The van der Waals surface area contributed by atoms with Crippen LogP contribution in [0, 0.1) is 0 Å². The number of rotatable bonds is 6. The summed E-state index contributed by atoms with van der Waals surface area (Å²) in [6, 6.07) is 18.7. The van der Waals surface area contributed by atoms with Crippen molar-refractivity contribution in [1.82, 2.24) is 9.97 Å². The number of hydrogen-bond acceptors (Lipinski definition) is 5. The quantitative estimate of drug-likeness (QED) is 0.513. The zero-order valence-electron chi connectivity index (χ0n) is 13.6. The monoisotopic (exact) mass is 351 g/mol. The molecule has 0 atom stereocenters. The number of aromatic nitrogens is 2. The lowest BCUT2D eigenvalue weighted by Crippen LogP contribution is -2.04. The highest BCUT2D eigenvalue weighted by Gasteiger charge is 2.07. The highest BCUT2D eigenvalue weighted by molar-refractivity contribution is 7.98. The Morgan fingerprint density at radius 3 is 2.44 bits per heavy atom. The molecule has 0 aliphatic heterocycles. The maximum atomic E-state index is 10.9. The second kappa shape index (κ2) is 7.81. The Morgan fingerprint density at radius 1 is 1.08 bits per heavy atom. The van der Waals surface area contributed by atoms with Crippen LogP contribution in [0.1, 0.15) is 15.9 Å².